The highest BCUT2D eigenvalue weighted by atomic mass is 16.5. The second kappa shape index (κ2) is 9.50. The maximum atomic E-state index is 11.6. The molecule has 0 fully saturated rings. The van der Waals surface area contributed by atoms with Gasteiger partial charge in [-0.1, -0.05) is 13.0 Å². The van der Waals surface area contributed by atoms with Crippen LogP contribution in [0.4, 0.5) is 0 Å². The van der Waals surface area contributed by atoms with Gasteiger partial charge in [0.2, 0.25) is 0 Å². The number of rotatable bonds is 8. The molecule has 1 N–H and O–H groups in total. The summed E-state index contributed by atoms with van der Waals surface area (Å²) >= 11 is 0. The molecule has 0 heterocycles. The first-order valence-corrected chi connectivity index (χ1v) is 7.36. The summed E-state index contributed by atoms with van der Waals surface area (Å²) in [6.07, 6.45) is 3.66. The summed E-state index contributed by atoms with van der Waals surface area (Å²) < 4.78 is 15.2. The van der Waals surface area contributed by atoms with Gasteiger partial charge in [0.15, 0.2) is 18.1 Å². The second-order valence-electron chi connectivity index (χ2n) is 4.93. The van der Waals surface area contributed by atoms with Crippen LogP contribution >= 0.6 is 0 Å². The Hall–Kier alpha value is -2.50. The predicted octanol–water partition coefficient (Wildman–Crippen LogP) is 2.17. The number of carbonyl (C=O) groups is 2. The monoisotopic (exact) mass is 321 g/mol. The van der Waals surface area contributed by atoms with E-state index in [1.165, 1.54) is 13.2 Å². The molecule has 0 saturated carbocycles. The molecule has 0 aliphatic heterocycles. The van der Waals surface area contributed by atoms with Crippen LogP contribution in [0.1, 0.15) is 25.8 Å². The molecule has 1 amide bonds. The first-order chi connectivity index (χ1) is 11.0. The van der Waals surface area contributed by atoms with Crippen molar-refractivity contribution in [2.45, 2.75) is 26.3 Å². The molecule has 6 heteroatoms. The topological polar surface area (TPSA) is 73.9 Å². The van der Waals surface area contributed by atoms with Crippen LogP contribution in [0.2, 0.25) is 0 Å². The predicted molar refractivity (Wildman–Crippen MR) is 87.4 cm³/mol. The van der Waals surface area contributed by atoms with Crippen molar-refractivity contribution in [3.63, 3.8) is 0 Å². The van der Waals surface area contributed by atoms with Crippen molar-refractivity contribution in [1.82, 2.24) is 5.32 Å². The van der Waals surface area contributed by atoms with E-state index in [4.69, 9.17) is 14.2 Å². The van der Waals surface area contributed by atoms with Crippen LogP contribution in [-0.2, 0) is 14.3 Å². The fourth-order valence-electron chi connectivity index (χ4n) is 1.72. The summed E-state index contributed by atoms with van der Waals surface area (Å²) in [5.41, 5.74) is 0.753. The van der Waals surface area contributed by atoms with Gasteiger partial charge in [-0.3, -0.25) is 4.79 Å². The number of esters is 1. The fraction of sp³-hybridized carbons (Fsp3) is 0.412. The summed E-state index contributed by atoms with van der Waals surface area (Å²) in [5.74, 6) is 0.274. The van der Waals surface area contributed by atoms with E-state index in [9.17, 15) is 9.59 Å². The van der Waals surface area contributed by atoms with E-state index >= 15 is 0 Å². The van der Waals surface area contributed by atoms with Gasteiger partial charge in [-0.15, -0.1) is 0 Å². The highest BCUT2D eigenvalue weighted by Crippen LogP contribution is 2.27. The Labute approximate surface area is 136 Å². The van der Waals surface area contributed by atoms with E-state index in [0.717, 1.165) is 12.0 Å². The summed E-state index contributed by atoms with van der Waals surface area (Å²) in [7, 11) is 3.09. The number of hydrogen-bond acceptors (Lipinski definition) is 5. The zero-order valence-corrected chi connectivity index (χ0v) is 13.9. The maximum absolute atomic E-state index is 11.6. The summed E-state index contributed by atoms with van der Waals surface area (Å²) in [6.45, 7) is 3.55. The number of hydrogen-bond donors (Lipinski definition) is 1. The van der Waals surface area contributed by atoms with Gasteiger partial charge in [0, 0.05) is 12.1 Å². The smallest absolute Gasteiger partial charge is 0.331 e. The molecule has 1 atom stereocenters. The van der Waals surface area contributed by atoms with E-state index in [2.05, 4.69) is 5.32 Å². The molecular formula is C17H23NO5. The quantitative estimate of drug-likeness (QED) is 0.587. The second-order valence-corrected chi connectivity index (χ2v) is 4.93. The first kappa shape index (κ1) is 18.5. The largest absolute Gasteiger partial charge is 0.493 e. The molecule has 23 heavy (non-hydrogen) atoms. The maximum Gasteiger partial charge on any atom is 0.331 e. The van der Waals surface area contributed by atoms with Gasteiger partial charge in [0.1, 0.15) is 0 Å². The average molecular weight is 321 g/mol. The molecule has 126 valence electrons. The lowest BCUT2D eigenvalue weighted by Crippen LogP contribution is -2.35. The number of amides is 1. The van der Waals surface area contributed by atoms with Crippen LogP contribution in [-0.4, -0.2) is 38.7 Å². The Morgan fingerprint density at radius 3 is 2.52 bits per heavy atom. The summed E-state index contributed by atoms with van der Waals surface area (Å²) in [5, 5.41) is 2.72. The van der Waals surface area contributed by atoms with Crippen molar-refractivity contribution < 1.29 is 23.8 Å². The zero-order valence-electron chi connectivity index (χ0n) is 13.9. The Kier molecular flexibility index (Phi) is 7.66. The van der Waals surface area contributed by atoms with Crippen molar-refractivity contribution in [1.29, 1.82) is 0 Å². The van der Waals surface area contributed by atoms with Crippen molar-refractivity contribution in [2.24, 2.45) is 0 Å². The SMILES string of the molecule is CC[C@H](C)NC(=O)COC(=O)/C=C/c1ccc(OC)c(OC)c1. The minimum absolute atomic E-state index is 0.0588. The fourth-order valence-corrected chi connectivity index (χ4v) is 1.72. The van der Waals surface area contributed by atoms with Crippen LogP contribution in [0.3, 0.4) is 0 Å². The average Bonchev–Trinajstić information content (AvgIpc) is 2.57. The van der Waals surface area contributed by atoms with Crippen LogP contribution in [0.5, 0.6) is 11.5 Å². The molecule has 1 rings (SSSR count). The van der Waals surface area contributed by atoms with Crippen molar-refractivity contribution >= 4 is 18.0 Å². The third-order valence-electron chi connectivity index (χ3n) is 3.18. The first-order valence-electron chi connectivity index (χ1n) is 7.36. The van der Waals surface area contributed by atoms with Crippen LogP contribution in [0, 0.1) is 0 Å². The summed E-state index contributed by atoms with van der Waals surface area (Å²) in [6, 6.07) is 5.31. The molecule has 6 nitrogen and oxygen atoms in total. The number of carbonyl (C=O) groups excluding carboxylic acids is 2. The molecule has 1 aromatic rings. The highest BCUT2D eigenvalue weighted by molar-refractivity contribution is 5.89. The van der Waals surface area contributed by atoms with E-state index in [-0.39, 0.29) is 18.6 Å². The standard InChI is InChI=1S/C17H23NO5/c1-5-12(2)18-16(19)11-23-17(20)9-7-13-6-8-14(21-3)15(10-13)22-4/h6-10,12H,5,11H2,1-4H3,(H,18,19)/b9-7+/t12-/m0/s1. The Morgan fingerprint density at radius 2 is 1.91 bits per heavy atom. The van der Waals surface area contributed by atoms with Crippen molar-refractivity contribution in [3.8, 4) is 11.5 Å². The molecule has 0 unspecified atom stereocenters. The summed E-state index contributed by atoms with van der Waals surface area (Å²) in [4.78, 5) is 23.1. The third kappa shape index (κ3) is 6.42. The molecule has 0 aliphatic carbocycles. The van der Waals surface area contributed by atoms with Gasteiger partial charge in [-0.05, 0) is 37.1 Å². The van der Waals surface area contributed by atoms with Crippen molar-refractivity contribution in [2.75, 3.05) is 20.8 Å². The van der Waals surface area contributed by atoms with Crippen molar-refractivity contribution in [3.05, 3.63) is 29.8 Å². The van der Waals surface area contributed by atoms with Crippen LogP contribution in [0.25, 0.3) is 6.08 Å². The zero-order chi connectivity index (χ0) is 17.2. The molecule has 0 radical (unpaired) electrons. The number of nitrogens with one attached hydrogen (secondary N) is 1. The normalized spacial score (nSPS) is 11.8. The van der Waals surface area contributed by atoms with Gasteiger partial charge in [0.05, 0.1) is 14.2 Å². The Balaban J connectivity index is 2.54. The van der Waals surface area contributed by atoms with E-state index < -0.39 is 5.97 Å². The van der Waals surface area contributed by atoms with Gasteiger partial charge >= 0.3 is 5.97 Å². The van der Waals surface area contributed by atoms with Crippen LogP contribution in [0.15, 0.2) is 24.3 Å². The molecule has 1 aromatic carbocycles. The van der Waals surface area contributed by atoms with Gasteiger partial charge in [0.25, 0.3) is 5.91 Å². The van der Waals surface area contributed by atoms with Crippen LogP contribution < -0.4 is 14.8 Å². The molecule has 0 spiro atoms. The minimum atomic E-state index is -0.584. The van der Waals surface area contributed by atoms with Gasteiger partial charge in [-0.2, -0.15) is 0 Å². The molecule has 0 aromatic heterocycles. The number of benzene rings is 1. The molecule has 0 bridgehead atoms. The molecule has 0 saturated heterocycles. The lowest BCUT2D eigenvalue weighted by atomic mass is 10.2. The van der Waals surface area contributed by atoms with E-state index in [0.29, 0.717) is 11.5 Å². The third-order valence-corrected chi connectivity index (χ3v) is 3.18. The molecule has 0 aliphatic rings. The minimum Gasteiger partial charge on any atom is -0.493 e. The highest BCUT2D eigenvalue weighted by Gasteiger charge is 2.08. The van der Waals surface area contributed by atoms with E-state index in [1.807, 2.05) is 13.8 Å². The number of methoxy groups -OCH3 is 2. The van der Waals surface area contributed by atoms with Gasteiger partial charge in [-0.25, -0.2) is 4.79 Å². The molecular weight excluding hydrogens is 298 g/mol. The Morgan fingerprint density at radius 1 is 1.22 bits per heavy atom. The van der Waals surface area contributed by atoms with E-state index in [1.54, 1.807) is 31.4 Å². The van der Waals surface area contributed by atoms with Gasteiger partial charge < -0.3 is 19.5 Å². The Bertz CT molecular complexity index is 568. The lowest BCUT2D eigenvalue weighted by Gasteiger charge is -2.10. The lowest BCUT2D eigenvalue weighted by molar-refractivity contribution is -0.144. The number of ether oxygens (including phenoxy) is 3.